The van der Waals surface area contributed by atoms with Crippen molar-refractivity contribution in [3.63, 3.8) is 0 Å². The number of hydrogen-bond acceptors (Lipinski definition) is 4. The Morgan fingerprint density at radius 3 is 2.11 bits per heavy atom. The fourth-order valence-electron chi connectivity index (χ4n) is 3.16. The van der Waals surface area contributed by atoms with Crippen LogP contribution in [-0.2, 0) is 14.8 Å². The van der Waals surface area contributed by atoms with E-state index >= 15 is 0 Å². The van der Waals surface area contributed by atoms with Gasteiger partial charge in [-0.2, -0.15) is 0 Å². The third kappa shape index (κ3) is 5.25. The highest BCUT2D eigenvalue weighted by molar-refractivity contribution is 7.92. The number of nitrogens with zero attached hydrogens (tertiary/aromatic N) is 1. The Hall–Kier alpha value is -2.54. The summed E-state index contributed by atoms with van der Waals surface area (Å²) in [7, 11) is -2.03. The number of carbonyl (C=O) groups excluding carboxylic acids is 1. The molecule has 2 rings (SSSR count). The van der Waals surface area contributed by atoms with Crippen LogP contribution in [0.4, 0.5) is 5.69 Å². The van der Waals surface area contributed by atoms with Gasteiger partial charge in [-0.1, -0.05) is 44.2 Å². The third-order valence-electron chi connectivity index (χ3n) is 4.58. The first-order valence-corrected chi connectivity index (χ1v) is 11.1. The van der Waals surface area contributed by atoms with Crippen LogP contribution < -0.4 is 14.4 Å². The third-order valence-corrected chi connectivity index (χ3v) is 5.76. The van der Waals surface area contributed by atoms with Crippen molar-refractivity contribution in [1.29, 1.82) is 0 Å². The Kier molecular flexibility index (Phi) is 7.45. The molecule has 1 N–H and O–H groups in total. The van der Waals surface area contributed by atoms with E-state index in [1.165, 1.54) is 4.31 Å². The van der Waals surface area contributed by atoms with Crippen LogP contribution in [0.2, 0.25) is 0 Å². The number of benzene rings is 2. The molecule has 0 aromatic heterocycles. The average molecular weight is 405 g/mol. The molecule has 6 nitrogen and oxygen atoms in total. The Morgan fingerprint density at radius 2 is 1.64 bits per heavy atom. The second kappa shape index (κ2) is 9.59. The second-order valence-electron chi connectivity index (χ2n) is 6.56. The van der Waals surface area contributed by atoms with E-state index in [1.54, 1.807) is 38.3 Å². The smallest absolute Gasteiger partial charge is 0.244 e. The average Bonchev–Trinajstić information content (AvgIpc) is 2.69. The summed E-state index contributed by atoms with van der Waals surface area (Å²) in [5, 5.41) is 3.01. The molecule has 7 heteroatoms. The Balaban J connectivity index is 2.29. The number of para-hydroxylation sites is 1. The predicted octanol–water partition coefficient (Wildman–Crippen LogP) is 3.51. The topological polar surface area (TPSA) is 75.7 Å². The van der Waals surface area contributed by atoms with Crippen molar-refractivity contribution in [3.8, 4) is 5.75 Å². The molecule has 0 heterocycles. The highest BCUT2D eigenvalue weighted by Crippen LogP contribution is 2.24. The number of nitrogens with one attached hydrogen (secondary N) is 1. The summed E-state index contributed by atoms with van der Waals surface area (Å²) >= 11 is 0. The summed E-state index contributed by atoms with van der Waals surface area (Å²) in [6, 6.07) is 15.1. The van der Waals surface area contributed by atoms with Gasteiger partial charge in [0, 0.05) is 0 Å². The summed E-state index contributed by atoms with van der Waals surface area (Å²) in [5.41, 5.74) is 1.42. The van der Waals surface area contributed by atoms with Crippen LogP contribution in [0.25, 0.3) is 0 Å². The van der Waals surface area contributed by atoms with Crippen LogP contribution in [0, 0.1) is 0 Å². The molecule has 0 saturated heterocycles. The minimum atomic E-state index is -3.63. The van der Waals surface area contributed by atoms with E-state index in [-0.39, 0.29) is 11.9 Å². The number of ether oxygens (including phenoxy) is 1. The molecule has 0 aliphatic carbocycles. The van der Waals surface area contributed by atoms with Crippen molar-refractivity contribution >= 4 is 21.6 Å². The fourth-order valence-corrected chi connectivity index (χ4v) is 4.37. The first kappa shape index (κ1) is 21.8. The van der Waals surface area contributed by atoms with Gasteiger partial charge in [-0.05, 0) is 42.7 Å². The van der Waals surface area contributed by atoms with Gasteiger partial charge in [0.25, 0.3) is 0 Å². The number of carbonyl (C=O) groups is 1. The van der Waals surface area contributed by atoms with Crippen molar-refractivity contribution in [3.05, 3.63) is 60.2 Å². The molecule has 0 spiro atoms. The minimum absolute atomic E-state index is 0.218. The Labute approximate surface area is 167 Å². The van der Waals surface area contributed by atoms with Crippen LogP contribution in [-0.4, -0.2) is 33.7 Å². The zero-order chi connectivity index (χ0) is 20.7. The second-order valence-corrected chi connectivity index (χ2v) is 8.42. The number of methoxy groups -OCH3 is 1. The highest BCUT2D eigenvalue weighted by atomic mass is 32.2. The van der Waals surface area contributed by atoms with Gasteiger partial charge in [0.2, 0.25) is 15.9 Å². The molecule has 152 valence electrons. The fraction of sp³-hybridized carbons (Fsp3) is 0.381. The van der Waals surface area contributed by atoms with Gasteiger partial charge in [-0.3, -0.25) is 9.10 Å². The molecule has 2 aromatic carbocycles. The van der Waals surface area contributed by atoms with Crippen LogP contribution >= 0.6 is 0 Å². The van der Waals surface area contributed by atoms with E-state index in [2.05, 4.69) is 5.32 Å². The number of sulfonamides is 1. The van der Waals surface area contributed by atoms with Crippen LogP contribution in [0.1, 0.15) is 38.3 Å². The number of anilines is 1. The lowest BCUT2D eigenvalue weighted by Gasteiger charge is -2.31. The maximum atomic E-state index is 13.1. The van der Waals surface area contributed by atoms with Gasteiger partial charge in [0.1, 0.15) is 11.8 Å². The zero-order valence-electron chi connectivity index (χ0n) is 16.8. The van der Waals surface area contributed by atoms with Crippen molar-refractivity contribution in [1.82, 2.24) is 5.32 Å². The van der Waals surface area contributed by atoms with Crippen LogP contribution in [0.3, 0.4) is 0 Å². The number of amides is 1. The first-order valence-electron chi connectivity index (χ1n) is 9.30. The summed E-state index contributed by atoms with van der Waals surface area (Å²) in [4.78, 5) is 13.1. The van der Waals surface area contributed by atoms with Crippen molar-refractivity contribution in [2.45, 2.75) is 38.8 Å². The standard InChI is InChI=1S/C21H28N2O4S/c1-5-19(16-12-14-18(27-3)15-13-16)22-21(24)20(6-2)23(28(4,25)26)17-10-8-7-9-11-17/h7-15,19-20H,5-6H2,1-4H3,(H,22,24)/t19-,20-/m0/s1. The van der Waals surface area contributed by atoms with Gasteiger partial charge >= 0.3 is 0 Å². The van der Waals surface area contributed by atoms with Gasteiger partial charge in [0.15, 0.2) is 0 Å². The summed E-state index contributed by atoms with van der Waals surface area (Å²) in [6.45, 7) is 3.78. The molecule has 0 bridgehead atoms. The molecule has 0 saturated carbocycles. The van der Waals surface area contributed by atoms with Gasteiger partial charge in [-0.15, -0.1) is 0 Å². The molecule has 28 heavy (non-hydrogen) atoms. The Bertz CT molecular complexity index is 867. The molecular weight excluding hydrogens is 376 g/mol. The largest absolute Gasteiger partial charge is 0.497 e. The molecule has 0 unspecified atom stereocenters. The van der Waals surface area contributed by atoms with E-state index < -0.39 is 16.1 Å². The normalized spacial score (nSPS) is 13.4. The van der Waals surface area contributed by atoms with Crippen molar-refractivity contribution in [2.75, 3.05) is 17.7 Å². The first-order chi connectivity index (χ1) is 13.3. The van der Waals surface area contributed by atoms with Gasteiger partial charge in [-0.25, -0.2) is 8.42 Å². The number of rotatable bonds is 9. The van der Waals surface area contributed by atoms with Crippen molar-refractivity contribution < 1.29 is 17.9 Å². The van der Waals surface area contributed by atoms with Crippen LogP contribution in [0.5, 0.6) is 5.75 Å². The van der Waals surface area contributed by atoms with E-state index in [0.717, 1.165) is 17.6 Å². The lowest BCUT2D eigenvalue weighted by molar-refractivity contribution is -0.123. The van der Waals surface area contributed by atoms with Crippen molar-refractivity contribution in [2.24, 2.45) is 0 Å². The number of hydrogen-bond donors (Lipinski definition) is 1. The zero-order valence-corrected chi connectivity index (χ0v) is 17.6. The van der Waals surface area contributed by atoms with E-state index in [0.29, 0.717) is 18.5 Å². The summed E-state index contributed by atoms with van der Waals surface area (Å²) in [6.07, 6.45) is 2.16. The molecule has 0 radical (unpaired) electrons. The van der Waals surface area contributed by atoms with E-state index in [9.17, 15) is 13.2 Å². The maximum Gasteiger partial charge on any atom is 0.244 e. The predicted molar refractivity (Wildman–Crippen MR) is 112 cm³/mol. The summed E-state index contributed by atoms with van der Waals surface area (Å²) < 4.78 is 31.3. The molecule has 2 aromatic rings. The summed E-state index contributed by atoms with van der Waals surface area (Å²) in [5.74, 6) is 0.420. The van der Waals surface area contributed by atoms with Crippen LogP contribution in [0.15, 0.2) is 54.6 Å². The lowest BCUT2D eigenvalue weighted by Crippen LogP contribution is -2.50. The van der Waals surface area contributed by atoms with Gasteiger partial charge < -0.3 is 10.1 Å². The molecule has 2 atom stereocenters. The SMILES string of the molecule is CC[C@H](NC(=O)[C@H](CC)N(c1ccccc1)S(C)(=O)=O)c1ccc(OC)cc1. The van der Waals surface area contributed by atoms with E-state index in [4.69, 9.17) is 4.74 Å². The minimum Gasteiger partial charge on any atom is -0.497 e. The maximum absolute atomic E-state index is 13.1. The Morgan fingerprint density at radius 1 is 1.04 bits per heavy atom. The molecule has 0 fully saturated rings. The molecule has 1 amide bonds. The lowest BCUT2D eigenvalue weighted by atomic mass is 10.0. The highest BCUT2D eigenvalue weighted by Gasteiger charge is 2.32. The molecular formula is C21H28N2O4S. The quantitative estimate of drug-likeness (QED) is 0.694. The van der Waals surface area contributed by atoms with Gasteiger partial charge in [0.05, 0.1) is 25.1 Å². The monoisotopic (exact) mass is 404 g/mol. The molecule has 0 aliphatic rings. The van der Waals surface area contributed by atoms with E-state index in [1.807, 2.05) is 37.3 Å². The molecule has 0 aliphatic heterocycles.